The number of anilines is 1. The first-order chi connectivity index (χ1) is 8.60. The lowest BCUT2D eigenvalue weighted by atomic mass is 10.3. The fourth-order valence-corrected chi connectivity index (χ4v) is 2.52. The Morgan fingerprint density at radius 2 is 2.06 bits per heavy atom. The number of nitrogens with zero attached hydrogens (tertiary/aromatic N) is 3. The summed E-state index contributed by atoms with van der Waals surface area (Å²) in [5.74, 6) is -0.293. The summed E-state index contributed by atoms with van der Waals surface area (Å²) in [7, 11) is 0. The number of carbonyl (C=O) groups excluding carboxylic acids is 1. The predicted octanol–water partition coefficient (Wildman–Crippen LogP) is 2.36. The van der Waals surface area contributed by atoms with Crippen molar-refractivity contribution < 1.29 is 10.0 Å². The Kier molecular flexibility index (Phi) is 3.68. The van der Waals surface area contributed by atoms with Gasteiger partial charge < -0.3 is 5.21 Å². The number of hydrogen-bond acceptors (Lipinski definition) is 7. The minimum atomic E-state index is -0.293. The van der Waals surface area contributed by atoms with Crippen LogP contribution in [0.25, 0.3) is 0 Å². The van der Waals surface area contributed by atoms with Crippen LogP contribution in [0.2, 0.25) is 0 Å². The summed E-state index contributed by atoms with van der Waals surface area (Å²) >= 11 is 2.68. The lowest BCUT2D eigenvalue weighted by Gasteiger charge is -1.97. The Morgan fingerprint density at radius 3 is 2.67 bits per heavy atom. The topological polar surface area (TPSA) is 87.5 Å². The van der Waals surface area contributed by atoms with Crippen molar-refractivity contribution in [3.8, 4) is 0 Å². The summed E-state index contributed by atoms with van der Waals surface area (Å²) in [4.78, 5) is 20.0. The van der Waals surface area contributed by atoms with E-state index in [2.05, 4.69) is 20.4 Å². The first-order valence-electron chi connectivity index (χ1n) is 4.98. The molecule has 0 radical (unpaired) electrons. The number of thiazole rings is 2. The molecular weight excluding hydrogens is 272 g/mol. The molecule has 0 spiro atoms. The third-order valence-electron chi connectivity index (χ3n) is 2.10. The molecule has 0 aliphatic heterocycles. The number of amides is 1. The maximum atomic E-state index is 11.8. The van der Waals surface area contributed by atoms with Gasteiger partial charge in [-0.05, 0) is 13.8 Å². The van der Waals surface area contributed by atoms with E-state index < -0.39 is 0 Å². The number of hydrogen-bond donors (Lipinski definition) is 2. The maximum absolute atomic E-state index is 11.8. The van der Waals surface area contributed by atoms with Crippen molar-refractivity contribution in [3.05, 3.63) is 27.2 Å². The summed E-state index contributed by atoms with van der Waals surface area (Å²) < 4.78 is 0. The van der Waals surface area contributed by atoms with Gasteiger partial charge in [0, 0.05) is 10.8 Å². The van der Waals surface area contributed by atoms with Gasteiger partial charge in [-0.25, -0.2) is 9.97 Å². The van der Waals surface area contributed by atoms with Crippen LogP contribution < -0.4 is 5.32 Å². The molecule has 8 heteroatoms. The quantitative estimate of drug-likeness (QED) is 0.514. The van der Waals surface area contributed by atoms with E-state index in [1.807, 2.05) is 6.92 Å². The van der Waals surface area contributed by atoms with Crippen LogP contribution in [0.1, 0.15) is 28.1 Å². The molecule has 0 bridgehead atoms. The zero-order valence-electron chi connectivity index (χ0n) is 9.67. The van der Waals surface area contributed by atoms with Crippen molar-refractivity contribution >= 4 is 39.4 Å². The van der Waals surface area contributed by atoms with Crippen molar-refractivity contribution in [2.75, 3.05) is 5.32 Å². The number of aryl methyl sites for hydroxylation is 1. The van der Waals surface area contributed by atoms with Gasteiger partial charge >= 0.3 is 0 Å². The molecule has 0 aliphatic rings. The number of carbonyl (C=O) groups is 1. The summed E-state index contributed by atoms with van der Waals surface area (Å²) in [6, 6.07) is 0. The smallest absolute Gasteiger partial charge is 0.276 e. The molecule has 2 aromatic heterocycles. The van der Waals surface area contributed by atoms with Gasteiger partial charge in [0.15, 0.2) is 5.13 Å². The van der Waals surface area contributed by atoms with Crippen molar-refractivity contribution in [1.29, 1.82) is 0 Å². The van der Waals surface area contributed by atoms with Gasteiger partial charge in [0.05, 0.1) is 5.01 Å². The molecule has 0 saturated carbocycles. The maximum Gasteiger partial charge on any atom is 0.276 e. The average Bonchev–Trinajstić information content (AvgIpc) is 2.97. The van der Waals surface area contributed by atoms with E-state index in [4.69, 9.17) is 5.21 Å². The number of rotatable bonds is 3. The van der Waals surface area contributed by atoms with Crippen molar-refractivity contribution in [1.82, 2.24) is 9.97 Å². The Morgan fingerprint density at radius 1 is 1.33 bits per heavy atom. The molecule has 0 aromatic carbocycles. The van der Waals surface area contributed by atoms with Crippen LogP contribution in [-0.2, 0) is 0 Å². The number of oxime groups is 1. The van der Waals surface area contributed by atoms with Gasteiger partial charge in [0.1, 0.15) is 17.1 Å². The molecule has 2 rings (SSSR count). The average molecular weight is 282 g/mol. The molecule has 18 heavy (non-hydrogen) atoms. The van der Waals surface area contributed by atoms with E-state index in [1.54, 1.807) is 17.7 Å². The third-order valence-corrected chi connectivity index (χ3v) is 3.63. The molecule has 2 N–H and O–H groups in total. The van der Waals surface area contributed by atoms with Crippen LogP contribution >= 0.6 is 22.7 Å². The summed E-state index contributed by atoms with van der Waals surface area (Å²) in [5, 5.41) is 19.0. The van der Waals surface area contributed by atoms with Crippen LogP contribution in [0.5, 0.6) is 0 Å². The molecular formula is C10H10N4O2S2. The largest absolute Gasteiger partial charge is 0.411 e. The Bertz CT molecular complexity index is 603. The second kappa shape index (κ2) is 5.23. The minimum absolute atomic E-state index is 0.293. The number of nitrogens with one attached hydrogen (secondary N) is 1. The molecule has 0 saturated heterocycles. The fourth-order valence-electron chi connectivity index (χ4n) is 1.18. The molecule has 0 fully saturated rings. The first kappa shape index (κ1) is 12.7. The lowest BCUT2D eigenvalue weighted by molar-refractivity contribution is 0.102. The summed E-state index contributed by atoms with van der Waals surface area (Å²) in [6.07, 6.45) is 0. The predicted molar refractivity (Wildman–Crippen MR) is 70.9 cm³/mol. The van der Waals surface area contributed by atoms with Crippen LogP contribution in [0, 0.1) is 6.92 Å². The van der Waals surface area contributed by atoms with Crippen molar-refractivity contribution in [3.63, 3.8) is 0 Å². The van der Waals surface area contributed by atoms with Gasteiger partial charge in [-0.15, -0.1) is 22.7 Å². The van der Waals surface area contributed by atoms with E-state index in [0.717, 1.165) is 5.01 Å². The molecule has 0 aliphatic carbocycles. The molecule has 2 heterocycles. The van der Waals surface area contributed by atoms with Gasteiger partial charge in [0.2, 0.25) is 0 Å². The van der Waals surface area contributed by atoms with Gasteiger partial charge in [-0.3, -0.25) is 10.1 Å². The zero-order chi connectivity index (χ0) is 13.1. The Balaban J connectivity index is 2.10. The van der Waals surface area contributed by atoms with E-state index in [1.165, 1.54) is 22.7 Å². The molecule has 94 valence electrons. The number of aromatic nitrogens is 2. The molecule has 0 unspecified atom stereocenters. The highest BCUT2D eigenvalue weighted by Gasteiger charge is 2.12. The second-order valence-corrected chi connectivity index (χ2v) is 5.35. The highest BCUT2D eigenvalue weighted by molar-refractivity contribution is 7.14. The SMILES string of the molecule is CC(=NO)c1csc(NC(=O)c2csc(C)n2)n1. The van der Waals surface area contributed by atoms with Crippen LogP contribution in [0.4, 0.5) is 5.13 Å². The normalized spacial score (nSPS) is 11.6. The standard InChI is InChI=1S/C10H10N4O2S2/c1-5(14-16)7-3-18-10(12-7)13-9(15)8-4-17-6(2)11-8/h3-4,16H,1-2H3,(H,12,13,15). The Hall–Kier alpha value is -1.80. The van der Waals surface area contributed by atoms with Crippen LogP contribution in [-0.4, -0.2) is 26.8 Å². The van der Waals surface area contributed by atoms with E-state index in [9.17, 15) is 4.79 Å². The first-order valence-corrected chi connectivity index (χ1v) is 6.74. The van der Waals surface area contributed by atoms with Crippen molar-refractivity contribution in [2.24, 2.45) is 5.16 Å². The third kappa shape index (κ3) is 2.71. The van der Waals surface area contributed by atoms with Crippen LogP contribution in [0.3, 0.4) is 0 Å². The minimum Gasteiger partial charge on any atom is -0.411 e. The molecule has 6 nitrogen and oxygen atoms in total. The van der Waals surface area contributed by atoms with E-state index in [-0.39, 0.29) is 5.91 Å². The Labute approximate surface area is 111 Å². The zero-order valence-corrected chi connectivity index (χ0v) is 11.3. The highest BCUT2D eigenvalue weighted by Crippen LogP contribution is 2.17. The molecule has 0 atom stereocenters. The highest BCUT2D eigenvalue weighted by atomic mass is 32.1. The molecule has 1 amide bonds. The van der Waals surface area contributed by atoms with Gasteiger partial charge in [0.25, 0.3) is 5.91 Å². The second-order valence-electron chi connectivity index (χ2n) is 3.43. The lowest BCUT2D eigenvalue weighted by Crippen LogP contribution is -2.12. The van der Waals surface area contributed by atoms with Crippen molar-refractivity contribution in [2.45, 2.75) is 13.8 Å². The fraction of sp³-hybridized carbons (Fsp3) is 0.200. The monoisotopic (exact) mass is 282 g/mol. The van der Waals surface area contributed by atoms with Gasteiger partial charge in [-0.1, -0.05) is 5.16 Å². The van der Waals surface area contributed by atoms with Gasteiger partial charge in [-0.2, -0.15) is 0 Å². The summed E-state index contributed by atoms with van der Waals surface area (Å²) in [6.45, 7) is 3.47. The van der Waals surface area contributed by atoms with E-state index >= 15 is 0 Å². The van der Waals surface area contributed by atoms with Crippen LogP contribution in [0.15, 0.2) is 15.9 Å². The molecule has 2 aromatic rings. The van der Waals surface area contributed by atoms with E-state index in [0.29, 0.717) is 22.2 Å². The summed E-state index contributed by atoms with van der Waals surface area (Å²) in [5.41, 5.74) is 1.31.